The van der Waals surface area contributed by atoms with Gasteiger partial charge >= 0.3 is 0 Å². The van der Waals surface area contributed by atoms with Crippen molar-refractivity contribution in [1.82, 2.24) is 10.2 Å². The van der Waals surface area contributed by atoms with Crippen molar-refractivity contribution in [1.29, 1.82) is 5.26 Å². The van der Waals surface area contributed by atoms with E-state index in [4.69, 9.17) is 9.47 Å². The number of hydrogen-bond donors (Lipinski definition) is 4. The average molecular weight is 563 g/mol. The molecule has 4 rings (SSSR count). The van der Waals surface area contributed by atoms with Gasteiger partial charge in [-0.05, 0) is 96.0 Å². The largest absolute Gasteiger partial charge is 0.492 e. The number of rotatable bonds is 12. The van der Waals surface area contributed by atoms with E-state index < -0.39 is 0 Å². The topological polar surface area (TPSA) is 111 Å². The van der Waals surface area contributed by atoms with Crippen LogP contribution in [-0.4, -0.2) is 63.8 Å². The minimum absolute atomic E-state index is 0.0536. The normalized spacial score (nSPS) is 21.8. The number of benzene rings is 2. The first-order valence-corrected chi connectivity index (χ1v) is 14.9. The Morgan fingerprint density at radius 2 is 2.02 bits per heavy atom. The Morgan fingerprint density at radius 3 is 2.73 bits per heavy atom. The zero-order valence-electron chi connectivity index (χ0n) is 25.2. The highest BCUT2D eigenvalue weighted by Crippen LogP contribution is 2.42. The van der Waals surface area contributed by atoms with Gasteiger partial charge in [0.2, 0.25) is 5.91 Å². The molecule has 0 saturated carbocycles. The Morgan fingerprint density at radius 1 is 1.20 bits per heavy atom. The van der Waals surface area contributed by atoms with Crippen LogP contribution >= 0.6 is 0 Å². The molecule has 2 aromatic rings. The fraction of sp³-hybridized carbons (Fsp3) is 0.562. The molecular weight excluding hydrogens is 516 g/mol. The number of nitrogens with zero attached hydrogens (tertiary/aromatic N) is 2. The van der Waals surface area contributed by atoms with Crippen molar-refractivity contribution >= 4 is 23.0 Å². The minimum Gasteiger partial charge on any atom is -0.492 e. The molecule has 1 fully saturated rings. The first kappa shape index (κ1) is 30.5. The minimum atomic E-state index is -0.307. The monoisotopic (exact) mass is 562 g/mol. The van der Waals surface area contributed by atoms with Crippen molar-refractivity contribution in [3.05, 3.63) is 41.5 Å². The van der Waals surface area contributed by atoms with E-state index in [0.29, 0.717) is 49.6 Å². The highest BCUT2D eigenvalue weighted by molar-refractivity contribution is 5.93. The average Bonchev–Trinajstić information content (AvgIpc) is 2.94. The van der Waals surface area contributed by atoms with Crippen LogP contribution in [0.3, 0.4) is 0 Å². The Labute approximate surface area is 245 Å². The second kappa shape index (κ2) is 14.4. The van der Waals surface area contributed by atoms with Crippen LogP contribution in [0.4, 0.5) is 17.1 Å². The van der Waals surface area contributed by atoms with E-state index in [0.717, 1.165) is 47.8 Å². The van der Waals surface area contributed by atoms with Gasteiger partial charge in [-0.2, -0.15) is 5.26 Å². The fourth-order valence-electron chi connectivity index (χ4n) is 5.58. The van der Waals surface area contributed by atoms with Gasteiger partial charge in [0, 0.05) is 42.0 Å². The molecule has 9 heteroatoms. The van der Waals surface area contributed by atoms with E-state index in [1.54, 1.807) is 0 Å². The Bertz CT molecular complexity index is 1230. The number of nitriles is 1. The molecule has 1 amide bonds. The highest BCUT2D eigenvalue weighted by atomic mass is 16.5. The predicted octanol–water partition coefficient (Wildman–Crippen LogP) is 5.16. The van der Waals surface area contributed by atoms with Crippen molar-refractivity contribution < 1.29 is 14.3 Å². The van der Waals surface area contributed by atoms with Gasteiger partial charge in [-0.1, -0.05) is 6.92 Å². The summed E-state index contributed by atoms with van der Waals surface area (Å²) in [6.07, 6.45) is 3.64. The zero-order valence-corrected chi connectivity index (χ0v) is 25.2. The van der Waals surface area contributed by atoms with Gasteiger partial charge in [-0.25, -0.2) is 0 Å². The van der Waals surface area contributed by atoms with Gasteiger partial charge in [-0.3, -0.25) is 4.79 Å². The van der Waals surface area contributed by atoms with Gasteiger partial charge in [0.25, 0.3) is 0 Å². The smallest absolute Gasteiger partial charge is 0.224 e. The summed E-state index contributed by atoms with van der Waals surface area (Å²) in [7, 11) is 4.00. The van der Waals surface area contributed by atoms with Gasteiger partial charge in [0.1, 0.15) is 18.1 Å². The van der Waals surface area contributed by atoms with Gasteiger partial charge in [0.15, 0.2) is 0 Å². The number of carbonyl (C=O) groups is 1. The molecule has 2 aliphatic rings. The van der Waals surface area contributed by atoms with Gasteiger partial charge < -0.3 is 35.6 Å². The van der Waals surface area contributed by atoms with E-state index in [9.17, 15) is 10.1 Å². The standard InChI is InChI=1S/C32H46N6O3/c1-6-40-30-17-27-25(16-28(30)36-31(39)10-8-14-38(4)5)32(23(18-33)19-35-27)37-26-12-11-24(15-22(26)3)41-20-29-21(2)9-7-13-34-29/h11-12,15-17,21,23,29,32,34-35,37H,6-10,13-14,19-20H2,1-5H3,(H,36,39). The SMILES string of the molecule is CCOc1cc2c(cc1NC(=O)CCCN(C)C)C(Nc1ccc(OCC3NCCCC3C)cc1C)C(C#N)CN2. The van der Waals surface area contributed by atoms with Crippen LogP contribution in [0.25, 0.3) is 0 Å². The molecule has 222 valence electrons. The Hall–Kier alpha value is -3.48. The van der Waals surface area contributed by atoms with Crippen molar-refractivity contribution in [3.8, 4) is 17.6 Å². The summed E-state index contributed by atoms with van der Waals surface area (Å²) in [4.78, 5) is 14.8. The number of fused-ring (bicyclic) bond motifs is 1. The Balaban J connectivity index is 1.52. The van der Waals surface area contributed by atoms with E-state index in [1.807, 2.05) is 45.3 Å². The number of carbonyl (C=O) groups excluding carboxylic acids is 1. The maximum absolute atomic E-state index is 12.8. The second-order valence-electron chi connectivity index (χ2n) is 11.5. The maximum Gasteiger partial charge on any atom is 0.224 e. The summed E-state index contributed by atoms with van der Waals surface area (Å²) in [5.41, 5.74) is 4.44. The zero-order chi connectivity index (χ0) is 29.4. The molecule has 4 atom stereocenters. The molecule has 4 unspecified atom stereocenters. The Kier molecular flexibility index (Phi) is 10.7. The highest BCUT2D eigenvalue weighted by Gasteiger charge is 2.32. The summed E-state index contributed by atoms with van der Waals surface area (Å²) in [6, 6.07) is 12.5. The molecule has 1 saturated heterocycles. The fourth-order valence-corrected chi connectivity index (χ4v) is 5.58. The molecule has 0 radical (unpaired) electrons. The van der Waals surface area contributed by atoms with Crippen LogP contribution in [0.1, 0.15) is 56.7 Å². The van der Waals surface area contributed by atoms with Crippen LogP contribution in [0, 0.1) is 30.1 Å². The van der Waals surface area contributed by atoms with Crippen LogP contribution < -0.4 is 30.7 Å². The first-order valence-electron chi connectivity index (χ1n) is 14.9. The van der Waals surface area contributed by atoms with E-state index in [1.165, 1.54) is 12.8 Å². The van der Waals surface area contributed by atoms with Crippen molar-refractivity contribution in [2.75, 3.05) is 62.9 Å². The van der Waals surface area contributed by atoms with Crippen LogP contribution in [0.5, 0.6) is 11.5 Å². The van der Waals surface area contributed by atoms with E-state index >= 15 is 0 Å². The molecule has 2 heterocycles. The summed E-state index contributed by atoms with van der Waals surface area (Å²) in [5.74, 6) is 1.70. The molecule has 2 aliphatic heterocycles. The quantitative estimate of drug-likeness (QED) is 0.281. The second-order valence-corrected chi connectivity index (χ2v) is 11.5. The summed E-state index contributed by atoms with van der Waals surface area (Å²) in [5, 5.41) is 23.7. The van der Waals surface area contributed by atoms with Gasteiger partial charge in [0.05, 0.1) is 30.3 Å². The molecule has 0 aromatic heterocycles. The number of aryl methyl sites for hydroxylation is 1. The van der Waals surface area contributed by atoms with Crippen LogP contribution in [0.2, 0.25) is 0 Å². The van der Waals surface area contributed by atoms with Crippen molar-refractivity contribution in [2.24, 2.45) is 11.8 Å². The molecule has 0 bridgehead atoms. The molecular formula is C32H46N6O3. The molecule has 0 aliphatic carbocycles. The van der Waals surface area contributed by atoms with Crippen LogP contribution in [0.15, 0.2) is 30.3 Å². The van der Waals surface area contributed by atoms with E-state index in [-0.39, 0.29) is 17.9 Å². The number of ether oxygens (including phenoxy) is 2. The number of hydrogen-bond acceptors (Lipinski definition) is 8. The number of piperidine rings is 1. The third-order valence-corrected chi connectivity index (χ3v) is 8.02. The summed E-state index contributed by atoms with van der Waals surface area (Å²) in [6.45, 7) is 9.79. The predicted molar refractivity (Wildman–Crippen MR) is 165 cm³/mol. The molecule has 0 spiro atoms. The van der Waals surface area contributed by atoms with Gasteiger partial charge in [-0.15, -0.1) is 0 Å². The van der Waals surface area contributed by atoms with Crippen LogP contribution in [-0.2, 0) is 4.79 Å². The summed E-state index contributed by atoms with van der Waals surface area (Å²) < 4.78 is 12.1. The third-order valence-electron chi connectivity index (χ3n) is 8.02. The lowest BCUT2D eigenvalue weighted by molar-refractivity contribution is -0.116. The summed E-state index contributed by atoms with van der Waals surface area (Å²) >= 11 is 0. The number of nitrogens with one attached hydrogen (secondary N) is 4. The van der Waals surface area contributed by atoms with Crippen molar-refractivity contribution in [2.45, 2.75) is 58.5 Å². The maximum atomic E-state index is 12.8. The lowest BCUT2D eigenvalue weighted by Crippen LogP contribution is -2.44. The lowest BCUT2D eigenvalue weighted by Gasteiger charge is -2.33. The molecule has 41 heavy (non-hydrogen) atoms. The lowest BCUT2D eigenvalue weighted by atomic mass is 9.88. The molecule has 2 aromatic carbocycles. The number of amides is 1. The third kappa shape index (κ3) is 8.05. The molecule has 9 nitrogen and oxygen atoms in total. The molecule has 4 N–H and O–H groups in total. The van der Waals surface area contributed by atoms with Crippen molar-refractivity contribution in [3.63, 3.8) is 0 Å². The number of anilines is 3. The van der Waals surface area contributed by atoms with E-state index in [2.05, 4.69) is 52.2 Å². The first-order chi connectivity index (χ1) is 19.8.